The van der Waals surface area contributed by atoms with E-state index in [9.17, 15) is 18.0 Å². The molecule has 41 heavy (non-hydrogen) atoms. The van der Waals surface area contributed by atoms with E-state index in [1.54, 1.807) is 30.3 Å². The lowest BCUT2D eigenvalue weighted by molar-refractivity contribution is -0.125. The van der Waals surface area contributed by atoms with Crippen LogP contribution in [0.4, 0.5) is 5.69 Å². The van der Waals surface area contributed by atoms with Gasteiger partial charge in [-0.25, -0.2) is 8.42 Å². The average Bonchev–Trinajstić information content (AvgIpc) is 2.94. The first-order valence-corrected chi connectivity index (χ1v) is 15.6. The van der Waals surface area contributed by atoms with E-state index < -0.39 is 22.0 Å². The van der Waals surface area contributed by atoms with Gasteiger partial charge in [-0.3, -0.25) is 13.9 Å². The van der Waals surface area contributed by atoms with E-state index in [0.717, 1.165) is 5.56 Å². The van der Waals surface area contributed by atoms with Crippen LogP contribution in [0.25, 0.3) is 0 Å². The summed E-state index contributed by atoms with van der Waals surface area (Å²) in [6.07, 6.45) is 4.65. The number of nitrogens with zero attached hydrogens (tertiary/aromatic N) is 1. The number of carbonyl (C=O) groups excluding carboxylic acids is 2. The number of carbonyl (C=O) groups is 2. The fourth-order valence-corrected chi connectivity index (χ4v) is 6.79. The molecule has 4 rings (SSSR count). The van der Waals surface area contributed by atoms with Crippen molar-refractivity contribution >= 4 is 50.7 Å². The van der Waals surface area contributed by atoms with Crippen LogP contribution in [-0.4, -0.2) is 33.3 Å². The molecule has 7 nitrogen and oxygen atoms in total. The lowest BCUT2D eigenvalue weighted by Gasteiger charge is -2.25. The maximum atomic E-state index is 14.0. The van der Waals surface area contributed by atoms with Gasteiger partial charge in [-0.1, -0.05) is 79.5 Å². The lowest BCUT2D eigenvalue weighted by Crippen LogP contribution is -2.40. The maximum absolute atomic E-state index is 14.0. The highest BCUT2D eigenvalue weighted by molar-refractivity contribution is 7.93. The van der Waals surface area contributed by atoms with Crippen LogP contribution >= 0.6 is 23.2 Å². The Morgan fingerprint density at radius 2 is 1.66 bits per heavy atom. The van der Waals surface area contributed by atoms with Gasteiger partial charge in [0.1, 0.15) is 4.90 Å². The molecule has 2 atom stereocenters. The van der Waals surface area contributed by atoms with Crippen molar-refractivity contribution < 1.29 is 18.0 Å². The van der Waals surface area contributed by atoms with Crippen molar-refractivity contribution in [2.45, 2.75) is 37.6 Å². The number of sulfonamides is 1. The Morgan fingerprint density at radius 1 is 0.951 bits per heavy atom. The van der Waals surface area contributed by atoms with Crippen LogP contribution in [-0.2, 0) is 14.8 Å². The molecule has 10 heteroatoms. The number of hydrogen-bond acceptors (Lipinski definition) is 4. The number of fused-ring (bicyclic) bond motifs is 2. The second-order valence-electron chi connectivity index (χ2n) is 10.4. The molecule has 0 radical (unpaired) electrons. The SMILES string of the molecule is CC(C)CC1C/C=C/CN(c2ccc(Cl)cc2)S(=O)(=O)c2cc(ccc2Cl)C(=O)NC(c2ccccc2)CNC1=O. The molecule has 0 fully saturated rings. The maximum Gasteiger partial charge on any atom is 0.266 e. The van der Waals surface area contributed by atoms with Gasteiger partial charge in [0.25, 0.3) is 15.9 Å². The lowest BCUT2D eigenvalue weighted by atomic mass is 9.93. The normalized spacial score (nSPS) is 20.8. The molecule has 0 saturated heterocycles. The van der Waals surface area contributed by atoms with Crippen molar-refractivity contribution in [1.29, 1.82) is 0 Å². The molecule has 1 aliphatic heterocycles. The minimum absolute atomic E-state index is 0.00511. The number of benzene rings is 3. The van der Waals surface area contributed by atoms with Gasteiger partial charge in [0.05, 0.1) is 23.3 Å². The summed E-state index contributed by atoms with van der Waals surface area (Å²) in [6, 6.07) is 19.3. The van der Waals surface area contributed by atoms with Crippen molar-refractivity contribution in [2.75, 3.05) is 17.4 Å². The smallest absolute Gasteiger partial charge is 0.266 e. The summed E-state index contributed by atoms with van der Waals surface area (Å²) >= 11 is 12.5. The first-order chi connectivity index (χ1) is 19.6. The van der Waals surface area contributed by atoms with E-state index in [4.69, 9.17) is 23.2 Å². The van der Waals surface area contributed by atoms with Gasteiger partial charge < -0.3 is 10.6 Å². The van der Waals surface area contributed by atoms with Crippen LogP contribution in [0, 0.1) is 11.8 Å². The van der Waals surface area contributed by atoms with E-state index in [1.165, 1.54) is 22.5 Å². The van der Waals surface area contributed by atoms with Crippen LogP contribution in [0.2, 0.25) is 10.0 Å². The number of amides is 2. The summed E-state index contributed by atoms with van der Waals surface area (Å²) in [7, 11) is -4.21. The molecule has 3 aromatic rings. The van der Waals surface area contributed by atoms with Gasteiger partial charge in [-0.05, 0) is 66.8 Å². The highest BCUT2D eigenvalue weighted by Gasteiger charge is 2.29. The molecule has 0 aromatic heterocycles. The Balaban J connectivity index is 1.81. The number of halogens is 2. The van der Waals surface area contributed by atoms with Crippen LogP contribution in [0.5, 0.6) is 0 Å². The van der Waals surface area contributed by atoms with Crippen molar-refractivity contribution in [1.82, 2.24) is 10.6 Å². The quantitative estimate of drug-likeness (QED) is 0.333. The Hall–Kier alpha value is -3.33. The number of allylic oxidation sites excluding steroid dienone is 1. The molecule has 3 aromatic carbocycles. The fourth-order valence-electron chi connectivity index (χ4n) is 4.75. The van der Waals surface area contributed by atoms with Crippen LogP contribution < -0.4 is 14.9 Å². The van der Waals surface area contributed by atoms with Gasteiger partial charge in [0.15, 0.2) is 0 Å². The zero-order valence-electron chi connectivity index (χ0n) is 22.9. The average molecular weight is 615 g/mol. The molecule has 1 heterocycles. The van der Waals surface area contributed by atoms with Gasteiger partial charge in [-0.2, -0.15) is 0 Å². The van der Waals surface area contributed by atoms with Crippen LogP contribution in [0.1, 0.15) is 48.7 Å². The standard InChI is InChI=1S/C31H33Cl2N3O4S/c1-21(2)18-23-10-6-7-17-36(26-14-12-25(32)13-15-26)41(39,40)29-19-24(11-16-27(29)33)31(38)35-28(20-34-30(23)37)22-8-4-3-5-9-22/h3-9,11-16,19,21,23,28H,10,17-18,20H2,1-2H3,(H,34,37)(H,35,38)/b7-6+. The molecule has 2 bridgehead atoms. The fraction of sp³-hybridized carbons (Fsp3) is 0.290. The summed E-state index contributed by atoms with van der Waals surface area (Å²) in [5.74, 6) is -0.673. The van der Waals surface area contributed by atoms with Crippen molar-refractivity contribution in [2.24, 2.45) is 11.8 Å². The van der Waals surface area contributed by atoms with Crippen molar-refractivity contribution in [3.05, 3.63) is 106 Å². The third kappa shape index (κ3) is 7.70. The van der Waals surface area contributed by atoms with E-state index in [2.05, 4.69) is 24.5 Å². The summed E-state index contributed by atoms with van der Waals surface area (Å²) in [6.45, 7) is 4.27. The molecule has 0 aliphatic carbocycles. The summed E-state index contributed by atoms with van der Waals surface area (Å²) in [5.41, 5.74) is 1.31. The molecule has 1 aliphatic rings. The topological polar surface area (TPSA) is 95.6 Å². The van der Waals surface area contributed by atoms with Gasteiger partial charge in [-0.15, -0.1) is 0 Å². The third-order valence-electron chi connectivity index (χ3n) is 6.85. The number of rotatable bonds is 4. The summed E-state index contributed by atoms with van der Waals surface area (Å²) in [5, 5.41) is 6.45. The van der Waals surface area contributed by atoms with Crippen LogP contribution in [0.15, 0.2) is 89.8 Å². The Morgan fingerprint density at radius 3 is 2.34 bits per heavy atom. The Labute approximate surface area is 251 Å². The van der Waals surface area contributed by atoms with Gasteiger partial charge in [0.2, 0.25) is 5.91 Å². The molecule has 2 amide bonds. The molecule has 216 valence electrons. The number of nitrogens with one attached hydrogen (secondary N) is 2. The zero-order valence-corrected chi connectivity index (χ0v) is 25.2. The largest absolute Gasteiger partial charge is 0.353 e. The van der Waals surface area contributed by atoms with E-state index >= 15 is 0 Å². The third-order valence-corrected chi connectivity index (χ3v) is 9.38. The predicted octanol–water partition coefficient (Wildman–Crippen LogP) is 6.40. The molecule has 0 saturated carbocycles. The minimum Gasteiger partial charge on any atom is -0.353 e. The van der Waals surface area contributed by atoms with E-state index in [-0.39, 0.29) is 46.3 Å². The summed E-state index contributed by atoms with van der Waals surface area (Å²) in [4.78, 5) is 26.6. The molecular weight excluding hydrogens is 581 g/mol. The van der Waals surface area contributed by atoms with Gasteiger partial charge in [0, 0.05) is 23.0 Å². The highest BCUT2D eigenvalue weighted by Crippen LogP contribution is 2.31. The van der Waals surface area contributed by atoms with Crippen LogP contribution in [0.3, 0.4) is 0 Å². The number of anilines is 1. The molecule has 2 N–H and O–H groups in total. The minimum atomic E-state index is -4.21. The van der Waals surface area contributed by atoms with Crippen molar-refractivity contribution in [3.8, 4) is 0 Å². The summed E-state index contributed by atoms with van der Waals surface area (Å²) < 4.78 is 29.3. The van der Waals surface area contributed by atoms with E-state index in [1.807, 2.05) is 36.4 Å². The zero-order chi connectivity index (χ0) is 29.6. The molecular formula is C31H33Cl2N3O4S. The Kier molecular flexibility index (Phi) is 10.1. The Bertz CT molecular complexity index is 1510. The monoisotopic (exact) mass is 613 g/mol. The number of hydrogen-bond donors (Lipinski definition) is 2. The predicted molar refractivity (Wildman–Crippen MR) is 164 cm³/mol. The second kappa shape index (κ2) is 13.6. The second-order valence-corrected chi connectivity index (χ2v) is 13.0. The first kappa shape index (κ1) is 30.6. The highest BCUT2D eigenvalue weighted by atomic mass is 35.5. The first-order valence-electron chi connectivity index (χ1n) is 13.4. The van der Waals surface area contributed by atoms with Crippen molar-refractivity contribution in [3.63, 3.8) is 0 Å². The van der Waals surface area contributed by atoms with E-state index in [0.29, 0.717) is 23.6 Å². The molecule has 2 unspecified atom stereocenters. The van der Waals surface area contributed by atoms with Gasteiger partial charge >= 0.3 is 0 Å². The molecule has 0 spiro atoms.